The summed E-state index contributed by atoms with van der Waals surface area (Å²) in [6, 6.07) is 16.3. The maximum Gasteiger partial charge on any atom is 0.137 e. The lowest BCUT2D eigenvalue weighted by Gasteiger charge is -2.32. The number of rotatable bonds is 8. The fraction of sp³-hybridized carbons (Fsp3) is 0.417. The molecule has 5 heteroatoms. The van der Waals surface area contributed by atoms with E-state index in [4.69, 9.17) is 16.3 Å². The van der Waals surface area contributed by atoms with E-state index in [1.807, 2.05) is 24.3 Å². The van der Waals surface area contributed by atoms with Gasteiger partial charge < -0.3 is 19.1 Å². The highest BCUT2D eigenvalue weighted by Crippen LogP contribution is 2.25. The van der Waals surface area contributed by atoms with Crippen LogP contribution in [0.1, 0.15) is 12.0 Å². The minimum atomic E-state index is 0.600. The van der Waals surface area contributed by atoms with Crippen LogP contribution in [0.25, 0.3) is 10.9 Å². The molecule has 0 bridgehead atoms. The van der Waals surface area contributed by atoms with Crippen molar-refractivity contribution in [2.75, 3.05) is 46.4 Å². The third kappa shape index (κ3) is 5.13. The van der Waals surface area contributed by atoms with E-state index in [1.165, 1.54) is 55.6 Å². The van der Waals surface area contributed by atoms with Crippen LogP contribution in [-0.2, 0) is 13.0 Å². The van der Waals surface area contributed by atoms with Gasteiger partial charge in [-0.25, -0.2) is 0 Å². The number of hydrogen-bond donors (Lipinski definition) is 0. The highest BCUT2D eigenvalue weighted by molar-refractivity contribution is 6.32. The van der Waals surface area contributed by atoms with E-state index in [9.17, 15) is 0 Å². The number of aromatic nitrogens is 1. The summed E-state index contributed by atoms with van der Waals surface area (Å²) in [5.74, 6) is 0.748. The van der Waals surface area contributed by atoms with Crippen molar-refractivity contribution in [2.24, 2.45) is 0 Å². The van der Waals surface area contributed by atoms with Crippen LogP contribution in [0.3, 0.4) is 0 Å². The van der Waals surface area contributed by atoms with Gasteiger partial charge in [-0.1, -0.05) is 41.9 Å². The van der Waals surface area contributed by atoms with Crippen molar-refractivity contribution in [3.63, 3.8) is 0 Å². The highest BCUT2D eigenvalue weighted by atomic mass is 35.5. The molecule has 0 radical (unpaired) electrons. The number of aryl methyl sites for hydroxylation is 1. The van der Waals surface area contributed by atoms with E-state index in [2.05, 4.69) is 51.9 Å². The summed E-state index contributed by atoms with van der Waals surface area (Å²) in [5.41, 5.74) is 2.72. The summed E-state index contributed by atoms with van der Waals surface area (Å²) >= 11 is 6.20. The van der Waals surface area contributed by atoms with Crippen LogP contribution >= 0.6 is 11.6 Å². The molecule has 4 rings (SSSR count). The Kier molecular flexibility index (Phi) is 6.75. The molecule has 0 aliphatic carbocycles. The molecule has 1 aliphatic rings. The average molecular weight is 412 g/mol. The second-order valence-corrected chi connectivity index (χ2v) is 8.30. The zero-order valence-electron chi connectivity index (χ0n) is 17.2. The number of nitrogens with zero attached hydrogens (tertiary/aromatic N) is 3. The van der Waals surface area contributed by atoms with E-state index >= 15 is 0 Å². The summed E-state index contributed by atoms with van der Waals surface area (Å²) < 4.78 is 8.22. The maximum atomic E-state index is 6.20. The van der Waals surface area contributed by atoms with E-state index in [-0.39, 0.29) is 0 Å². The topological polar surface area (TPSA) is 20.6 Å². The van der Waals surface area contributed by atoms with Gasteiger partial charge in [0.2, 0.25) is 0 Å². The highest BCUT2D eigenvalue weighted by Gasteiger charge is 2.14. The molecular formula is C24H30ClN3O. The Morgan fingerprint density at radius 3 is 2.52 bits per heavy atom. The number of likely N-dealkylation sites (N-methyl/N-ethyl adjacent to an activating group) is 1. The van der Waals surface area contributed by atoms with Crippen molar-refractivity contribution in [3.8, 4) is 5.75 Å². The van der Waals surface area contributed by atoms with Gasteiger partial charge in [0.1, 0.15) is 12.4 Å². The molecule has 0 saturated carbocycles. The molecule has 1 fully saturated rings. The van der Waals surface area contributed by atoms with Gasteiger partial charge >= 0.3 is 0 Å². The number of para-hydroxylation sites is 2. The van der Waals surface area contributed by atoms with Gasteiger partial charge in [0.05, 0.1) is 11.6 Å². The molecule has 29 heavy (non-hydrogen) atoms. The van der Waals surface area contributed by atoms with Crippen LogP contribution in [0.15, 0.2) is 54.7 Å². The fourth-order valence-electron chi connectivity index (χ4n) is 4.09. The molecule has 0 spiro atoms. The molecule has 3 aromatic rings. The second kappa shape index (κ2) is 9.66. The molecule has 1 aromatic heterocycles. The number of benzene rings is 2. The predicted molar refractivity (Wildman–Crippen MR) is 121 cm³/mol. The van der Waals surface area contributed by atoms with Crippen LogP contribution < -0.4 is 4.74 Å². The SMILES string of the molecule is CN1CCN(CCCc2cn(CCOc3ccccc3Cl)c3ccccc23)CC1. The Morgan fingerprint density at radius 2 is 1.69 bits per heavy atom. The van der Waals surface area contributed by atoms with Crippen LogP contribution in [0.5, 0.6) is 5.75 Å². The number of hydrogen-bond acceptors (Lipinski definition) is 3. The number of fused-ring (bicyclic) bond motifs is 1. The number of halogens is 1. The predicted octanol–water partition coefficient (Wildman–Crippen LogP) is 4.55. The van der Waals surface area contributed by atoms with Crippen LogP contribution in [-0.4, -0.2) is 60.7 Å². The molecule has 2 heterocycles. The molecule has 0 N–H and O–H groups in total. The first-order chi connectivity index (χ1) is 14.2. The summed E-state index contributed by atoms with van der Waals surface area (Å²) in [6.45, 7) is 7.35. The van der Waals surface area contributed by atoms with Gasteiger partial charge in [-0.2, -0.15) is 0 Å². The molecular weight excluding hydrogens is 382 g/mol. The minimum absolute atomic E-state index is 0.600. The van der Waals surface area contributed by atoms with E-state index in [0.717, 1.165) is 18.7 Å². The number of piperazine rings is 1. The monoisotopic (exact) mass is 411 g/mol. The summed E-state index contributed by atoms with van der Waals surface area (Å²) in [4.78, 5) is 5.01. The van der Waals surface area contributed by atoms with Crippen molar-refractivity contribution in [1.82, 2.24) is 14.4 Å². The van der Waals surface area contributed by atoms with Gasteiger partial charge in [-0.15, -0.1) is 0 Å². The quantitative estimate of drug-likeness (QED) is 0.542. The Labute approximate surface area is 178 Å². The third-order valence-corrected chi connectivity index (χ3v) is 6.13. The Hall–Kier alpha value is -2.01. The van der Waals surface area contributed by atoms with Gasteiger partial charge in [0, 0.05) is 43.3 Å². The van der Waals surface area contributed by atoms with Crippen molar-refractivity contribution < 1.29 is 4.74 Å². The molecule has 4 nitrogen and oxygen atoms in total. The van der Waals surface area contributed by atoms with Crippen LogP contribution in [0.2, 0.25) is 5.02 Å². The molecule has 1 saturated heterocycles. The van der Waals surface area contributed by atoms with E-state index in [1.54, 1.807) is 0 Å². The first-order valence-electron chi connectivity index (χ1n) is 10.6. The zero-order chi connectivity index (χ0) is 20.1. The Morgan fingerprint density at radius 1 is 0.931 bits per heavy atom. The zero-order valence-corrected chi connectivity index (χ0v) is 17.9. The third-order valence-electron chi connectivity index (χ3n) is 5.81. The molecule has 0 amide bonds. The van der Waals surface area contributed by atoms with Crippen LogP contribution in [0, 0.1) is 0 Å². The summed E-state index contributed by atoms with van der Waals surface area (Å²) in [7, 11) is 2.21. The minimum Gasteiger partial charge on any atom is -0.490 e. The number of ether oxygens (including phenoxy) is 1. The first kappa shape index (κ1) is 20.3. The summed E-state index contributed by atoms with van der Waals surface area (Å²) in [6.07, 6.45) is 4.63. The largest absolute Gasteiger partial charge is 0.490 e. The lowest BCUT2D eigenvalue weighted by Crippen LogP contribution is -2.44. The van der Waals surface area contributed by atoms with E-state index < -0.39 is 0 Å². The van der Waals surface area contributed by atoms with Crippen molar-refractivity contribution in [1.29, 1.82) is 0 Å². The lowest BCUT2D eigenvalue weighted by molar-refractivity contribution is 0.153. The van der Waals surface area contributed by atoms with Gasteiger partial charge in [-0.05, 0) is 50.2 Å². The molecule has 0 atom stereocenters. The smallest absolute Gasteiger partial charge is 0.137 e. The maximum absolute atomic E-state index is 6.20. The molecule has 1 aliphatic heterocycles. The van der Waals surface area contributed by atoms with Gasteiger partial charge in [0.15, 0.2) is 0 Å². The fourth-order valence-corrected chi connectivity index (χ4v) is 4.28. The molecule has 154 valence electrons. The normalized spacial score (nSPS) is 15.8. The standard InChI is InChI=1S/C24H30ClN3O/c1-26-13-15-27(16-14-26)12-6-7-20-19-28(23-10-4-2-8-21(20)23)17-18-29-24-11-5-3-9-22(24)25/h2-5,8-11,19H,6-7,12-18H2,1H3. The van der Waals surface area contributed by atoms with Gasteiger partial charge in [-0.3, -0.25) is 0 Å². The second-order valence-electron chi connectivity index (χ2n) is 7.89. The first-order valence-corrected chi connectivity index (χ1v) is 10.9. The van der Waals surface area contributed by atoms with E-state index in [0.29, 0.717) is 11.6 Å². The molecule has 0 unspecified atom stereocenters. The Balaban J connectivity index is 1.36. The van der Waals surface area contributed by atoms with Crippen LogP contribution in [0.4, 0.5) is 0 Å². The van der Waals surface area contributed by atoms with Crippen molar-refractivity contribution in [2.45, 2.75) is 19.4 Å². The average Bonchev–Trinajstić information content (AvgIpc) is 3.09. The van der Waals surface area contributed by atoms with Crippen molar-refractivity contribution >= 4 is 22.5 Å². The Bertz CT molecular complexity index is 931. The lowest BCUT2D eigenvalue weighted by atomic mass is 10.1. The summed E-state index contributed by atoms with van der Waals surface area (Å²) in [5, 5.41) is 2.03. The van der Waals surface area contributed by atoms with Crippen molar-refractivity contribution in [3.05, 3.63) is 65.3 Å². The molecule has 2 aromatic carbocycles. The van der Waals surface area contributed by atoms with Gasteiger partial charge in [0.25, 0.3) is 0 Å².